The molecule has 4 nitrogen and oxygen atoms in total. The van der Waals surface area contributed by atoms with Crippen molar-refractivity contribution in [1.29, 1.82) is 0 Å². The summed E-state index contributed by atoms with van der Waals surface area (Å²) in [5, 5.41) is 0. The molecular weight excluding hydrogens is 210 g/mol. The number of rotatable bonds is 3. The number of hydrogen-bond donors (Lipinski definition) is 1. The molecule has 1 fully saturated rings. The van der Waals surface area contributed by atoms with Gasteiger partial charge in [-0.15, -0.1) is 0 Å². The molecule has 1 aromatic heterocycles. The van der Waals surface area contributed by atoms with Crippen molar-refractivity contribution < 1.29 is 4.79 Å². The third-order valence-electron chi connectivity index (χ3n) is 2.54. The number of amides is 1. The molecule has 1 unspecified atom stereocenters. The first kappa shape index (κ1) is 10.4. The van der Waals surface area contributed by atoms with Crippen LogP contribution in [-0.2, 0) is 11.3 Å². The molecule has 0 bridgehead atoms. The van der Waals surface area contributed by atoms with Gasteiger partial charge in [-0.3, -0.25) is 4.79 Å². The highest BCUT2D eigenvalue weighted by Crippen LogP contribution is 2.20. The second kappa shape index (κ2) is 4.61. The predicted molar refractivity (Wildman–Crippen MR) is 59.4 cm³/mol. The summed E-state index contributed by atoms with van der Waals surface area (Å²) >= 11 is 4.22. The van der Waals surface area contributed by atoms with Crippen LogP contribution in [0.4, 0.5) is 0 Å². The molecule has 0 N–H and O–H groups in total. The first-order valence-electron chi connectivity index (χ1n) is 4.92. The van der Waals surface area contributed by atoms with Crippen molar-refractivity contribution in [3.05, 3.63) is 24.3 Å². The zero-order chi connectivity index (χ0) is 10.7. The number of likely N-dealkylation sites (tertiary alicyclic amines) is 1. The van der Waals surface area contributed by atoms with Crippen LogP contribution in [0.1, 0.15) is 12.0 Å². The number of carbonyl (C=O) groups is 1. The largest absolute Gasteiger partial charge is 0.338 e. The predicted octanol–water partition coefficient (Wildman–Crippen LogP) is 0.755. The van der Waals surface area contributed by atoms with Crippen molar-refractivity contribution >= 4 is 18.5 Å². The lowest BCUT2D eigenvalue weighted by Gasteiger charge is -2.15. The van der Waals surface area contributed by atoms with Gasteiger partial charge in [0.15, 0.2) is 0 Å². The number of hydrogen-bond acceptors (Lipinski definition) is 4. The van der Waals surface area contributed by atoms with Crippen molar-refractivity contribution in [1.82, 2.24) is 14.9 Å². The van der Waals surface area contributed by atoms with Crippen LogP contribution in [0.25, 0.3) is 0 Å². The zero-order valence-corrected chi connectivity index (χ0v) is 9.23. The number of thiol groups is 1. The van der Waals surface area contributed by atoms with E-state index in [9.17, 15) is 4.79 Å². The maximum Gasteiger partial charge on any atom is 0.223 e. The molecule has 1 atom stereocenters. The van der Waals surface area contributed by atoms with Gasteiger partial charge in [0.05, 0.1) is 0 Å². The monoisotopic (exact) mass is 223 g/mol. The molecule has 2 rings (SSSR count). The molecule has 1 aliphatic rings. The van der Waals surface area contributed by atoms with Crippen LogP contribution in [0, 0.1) is 5.92 Å². The van der Waals surface area contributed by atoms with Gasteiger partial charge in [-0.25, -0.2) is 9.97 Å². The highest BCUT2D eigenvalue weighted by Gasteiger charge is 2.28. The first-order chi connectivity index (χ1) is 7.29. The van der Waals surface area contributed by atoms with Gasteiger partial charge in [-0.2, -0.15) is 12.6 Å². The number of aromatic nitrogens is 2. The molecule has 1 aromatic rings. The Bertz CT molecular complexity index is 344. The second-order valence-electron chi connectivity index (χ2n) is 3.77. The molecule has 80 valence electrons. The summed E-state index contributed by atoms with van der Waals surface area (Å²) in [6.07, 6.45) is 5.60. The molecule has 0 radical (unpaired) electrons. The third-order valence-corrected chi connectivity index (χ3v) is 3.06. The lowest BCUT2D eigenvalue weighted by Crippen LogP contribution is -2.24. The van der Waals surface area contributed by atoms with Crippen molar-refractivity contribution in [2.24, 2.45) is 5.92 Å². The van der Waals surface area contributed by atoms with Gasteiger partial charge in [0.1, 0.15) is 6.33 Å². The van der Waals surface area contributed by atoms with Crippen LogP contribution >= 0.6 is 12.6 Å². The highest BCUT2D eigenvalue weighted by molar-refractivity contribution is 7.80. The SMILES string of the molecule is O=C1CC(CS)CN1Cc1cncnc1. The molecule has 2 heterocycles. The summed E-state index contributed by atoms with van der Waals surface area (Å²) in [5.74, 6) is 1.37. The van der Waals surface area contributed by atoms with E-state index in [-0.39, 0.29) is 5.91 Å². The van der Waals surface area contributed by atoms with Crippen LogP contribution in [0.5, 0.6) is 0 Å². The Morgan fingerprint density at radius 2 is 2.20 bits per heavy atom. The maximum atomic E-state index is 11.6. The van der Waals surface area contributed by atoms with Crippen molar-refractivity contribution in [3.63, 3.8) is 0 Å². The Morgan fingerprint density at radius 1 is 1.47 bits per heavy atom. The molecule has 1 amide bonds. The summed E-state index contributed by atoms with van der Waals surface area (Å²) < 4.78 is 0. The summed E-state index contributed by atoms with van der Waals surface area (Å²) in [4.78, 5) is 21.3. The van der Waals surface area contributed by atoms with Gasteiger partial charge in [-0.05, 0) is 11.7 Å². The third kappa shape index (κ3) is 2.47. The van der Waals surface area contributed by atoms with Gasteiger partial charge in [0, 0.05) is 37.5 Å². The van der Waals surface area contributed by atoms with Gasteiger partial charge in [0.25, 0.3) is 0 Å². The van der Waals surface area contributed by atoms with Crippen molar-refractivity contribution in [3.8, 4) is 0 Å². The van der Waals surface area contributed by atoms with E-state index in [0.29, 0.717) is 18.9 Å². The first-order valence-corrected chi connectivity index (χ1v) is 5.55. The minimum atomic E-state index is 0.206. The number of nitrogens with zero attached hydrogens (tertiary/aromatic N) is 3. The molecule has 1 aliphatic heterocycles. The second-order valence-corrected chi connectivity index (χ2v) is 4.14. The van der Waals surface area contributed by atoms with Crippen LogP contribution < -0.4 is 0 Å². The van der Waals surface area contributed by atoms with E-state index in [1.54, 1.807) is 12.4 Å². The van der Waals surface area contributed by atoms with E-state index in [0.717, 1.165) is 17.9 Å². The van der Waals surface area contributed by atoms with Gasteiger partial charge >= 0.3 is 0 Å². The standard InChI is InChI=1S/C10H13N3OS/c14-10-1-8(6-15)4-13(10)5-9-2-11-7-12-3-9/h2-3,7-8,15H,1,4-6H2. The quantitative estimate of drug-likeness (QED) is 0.769. The Morgan fingerprint density at radius 3 is 2.80 bits per heavy atom. The van der Waals surface area contributed by atoms with Gasteiger partial charge in [0.2, 0.25) is 5.91 Å². The maximum absolute atomic E-state index is 11.6. The molecule has 1 saturated heterocycles. The Balaban J connectivity index is 1.99. The summed E-state index contributed by atoms with van der Waals surface area (Å²) in [7, 11) is 0. The summed E-state index contributed by atoms with van der Waals surface area (Å²) in [6.45, 7) is 1.42. The average Bonchev–Trinajstić information content (AvgIpc) is 2.61. The summed E-state index contributed by atoms with van der Waals surface area (Å²) in [5.41, 5.74) is 0.977. The van der Waals surface area contributed by atoms with Crippen LogP contribution in [0.15, 0.2) is 18.7 Å². The lowest BCUT2D eigenvalue weighted by atomic mass is 10.1. The normalized spacial score (nSPS) is 21.0. The highest BCUT2D eigenvalue weighted by atomic mass is 32.1. The number of carbonyl (C=O) groups excluding carboxylic acids is 1. The molecule has 0 saturated carbocycles. The molecule has 0 aliphatic carbocycles. The van der Waals surface area contributed by atoms with E-state index < -0.39 is 0 Å². The minimum absolute atomic E-state index is 0.206. The Hall–Kier alpha value is -1.10. The molecule has 15 heavy (non-hydrogen) atoms. The Labute approximate surface area is 94.1 Å². The van der Waals surface area contributed by atoms with Crippen LogP contribution in [0.3, 0.4) is 0 Å². The molecular formula is C10H13N3OS. The van der Waals surface area contributed by atoms with E-state index in [1.165, 1.54) is 6.33 Å². The minimum Gasteiger partial charge on any atom is -0.338 e. The zero-order valence-electron chi connectivity index (χ0n) is 8.33. The fourth-order valence-corrected chi connectivity index (χ4v) is 2.01. The molecule has 0 aromatic carbocycles. The smallest absolute Gasteiger partial charge is 0.223 e. The van der Waals surface area contributed by atoms with Crippen molar-refractivity contribution in [2.45, 2.75) is 13.0 Å². The molecule has 5 heteroatoms. The van der Waals surface area contributed by atoms with Gasteiger partial charge < -0.3 is 4.90 Å². The Kier molecular flexibility index (Phi) is 3.20. The fourth-order valence-electron chi connectivity index (χ4n) is 1.76. The molecule has 0 spiro atoms. The van der Waals surface area contributed by atoms with Gasteiger partial charge in [-0.1, -0.05) is 0 Å². The van der Waals surface area contributed by atoms with E-state index in [4.69, 9.17) is 0 Å². The fraction of sp³-hybridized carbons (Fsp3) is 0.500. The van der Waals surface area contributed by atoms with Crippen LogP contribution in [0.2, 0.25) is 0 Å². The van der Waals surface area contributed by atoms with Crippen LogP contribution in [-0.4, -0.2) is 33.1 Å². The van der Waals surface area contributed by atoms with E-state index in [1.807, 2.05) is 4.90 Å². The topological polar surface area (TPSA) is 46.1 Å². The lowest BCUT2D eigenvalue weighted by molar-refractivity contribution is -0.128. The summed E-state index contributed by atoms with van der Waals surface area (Å²) in [6, 6.07) is 0. The van der Waals surface area contributed by atoms with E-state index in [2.05, 4.69) is 22.6 Å². The average molecular weight is 223 g/mol. The van der Waals surface area contributed by atoms with E-state index >= 15 is 0 Å². The van der Waals surface area contributed by atoms with Crippen molar-refractivity contribution in [2.75, 3.05) is 12.3 Å².